The van der Waals surface area contributed by atoms with E-state index in [1.807, 2.05) is 23.1 Å². The molecular weight excluding hydrogens is 348 g/mol. The van der Waals surface area contributed by atoms with Crippen LogP contribution in [-0.2, 0) is 29.0 Å². The lowest BCUT2D eigenvalue weighted by Crippen LogP contribution is -2.33. The highest BCUT2D eigenvalue weighted by molar-refractivity contribution is 5.85. The first-order chi connectivity index (χ1) is 12.2. The third kappa shape index (κ3) is 3.93. The molecule has 1 fully saturated rings. The van der Waals surface area contributed by atoms with Crippen LogP contribution in [0.15, 0.2) is 48.5 Å². The van der Waals surface area contributed by atoms with Crippen molar-refractivity contribution >= 4 is 18.3 Å². The van der Waals surface area contributed by atoms with Gasteiger partial charge in [-0.2, -0.15) is 0 Å². The normalized spacial score (nSPS) is 21.8. The van der Waals surface area contributed by atoms with E-state index >= 15 is 0 Å². The number of amides is 1. The van der Waals surface area contributed by atoms with Crippen molar-refractivity contribution in [2.45, 2.75) is 31.4 Å². The molecule has 2 aliphatic rings. The van der Waals surface area contributed by atoms with Crippen LogP contribution in [0.25, 0.3) is 0 Å². The lowest BCUT2D eigenvalue weighted by molar-refractivity contribution is -0.129. The summed E-state index contributed by atoms with van der Waals surface area (Å²) in [6, 6.07) is 16.6. The summed E-state index contributed by atoms with van der Waals surface area (Å²) in [5, 5.41) is 0. The molecule has 2 N–H and O–H groups in total. The van der Waals surface area contributed by atoms with Gasteiger partial charge in [-0.25, -0.2) is 0 Å². The Bertz CT molecular complexity index is 766. The number of ether oxygens (including phenoxy) is 1. The van der Waals surface area contributed by atoms with Gasteiger partial charge < -0.3 is 15.4 Å². The van der Waals surface area contributed by atoms with Crippen LogP contribution in [0.2, 0.25) is 0 Å². The Labute approximate surface area is 160 Å². The molecule has 1 amide bonds. The molecule has 4 rings (SSSR count). The van der Waals surface area contributed by atoms with Gasteiger partial charge in [0.2, 0.25) is 5.91 Å². The molecule has 2 unspecified atom stereocenters. The second-order valence-corrected chi connectivity index (χ2v) is 7.06. The summed E-state index contributed by atoms with van der Waals surface area (Å²) in [6.45, 7) is 2.78. The summed E-state index contributed by atoms with van der Waals surface area (Å²) in [6.07, 6.45) is 1.39. The fraction of sp³-hybridized carbons (Fsp3) is 0.381. The van der Waals surface area contributed by atoms with Gasteiger partial charge in [-0.15, -0.1) is 12.4 Å². The number of carbonyl (C=O) groups is 1. The summed E-state index contributed by atoms with van der Waals surface area (Å²) in [5.74, 6) is 0.382. The molecule has 0 aromatic heterocycles. The van der Waals surface area contributed by atoms with Gasteiger partial charge in [-0.05, 0) is 28.7 Å². The highest BCUT2D eigenvalue weighted by Gasteiger charge is 2.33. The van der Waals surface area contributed by atoms with Gasteiger partial charge in [0.1, 0.15) is 0 Å². The van der Waals surface area contributed by atoms with Gasteiger partial charge in [0.05, 0.1) is 19.6 Å². The van der Waals surface area contributed by atoms with Crippen molar-refractivity contribution in [3.63, 3.8) is 0 Å². The monoisotopic (exact) mass is 372 g/mol. The molecule has 0 aliphatic carbocycles. The summed E-state index contributed by atoms with van der Waals surface area (Å²) in [7, 11) is 0. The number of fused-ring (bicyclic) bond motifs is 1. The summed E-state index contributed by atoms with van der Waals surface area (Å²) < 4.78 is 5.52. The lowest BCUT2D eigenvalue weighted by atomic mass is 9.95. The zero-order chi connectivity index (χ0) is 17.2. The Balaban J connectivity index is 0.00000196. The molecule has 2 aromatic carbocycles. The van der Waals surface area contributed by atoms with Crippen molar-refractivity contribution in [2.75, 3.05) is 19.7 Å². The molecule has 2 aliphatic heterocycles. The zero-order valence-corrected chi connectivity index (χ0v) is 15.6. The van der Waals surface area contributed by atoms with E-state index in [0.29, 0.717) is 26.1 Å². The maximum atomic E-state index is 12.7. The van der Waals surface area contributed by atoms with Crippen LogP contribution in [0.4, 0.5) is 0 Å². The predicted molar refractivity (Wildman–Crippen MR) is 104 cm³/mol. The Hall–Kier alpha value is -1.88. The Morgan fingerprint density at radius 3 is 2.73 bits per heavy atom. The number of hydrogen-bond acceptors (Lipinski definition) is 3. The third-order valence-electron chi connectivity index (χ3n) is 5.34. The van der Waals surface area contributed by atoms with Crippen molar-refractivity contribution in [1.82, 2.24) is 4.90 Å². The number of hydrogen-bond donors (Lipinski definition) is 1. The Morgan fingerprint density at radius 2 is 1.92 bits per heavy atom. The number of benzene rings is 2. The van der Waals surface area contributed by atoms with Crippen molar-refractivity contribution in [2.24, 2.45) is 5.73 Å². The van der Waals surface area contributed by atoms with Gasteiger partial charge in [-0.3, -0.25) is 4.79 Å². The molecule has 138 valence electrons. The average molecular weight is 373 g/mol. The SMILES string of the molecule is Cl.NC1CN(C(=O)Cc2ccc3c(c2)COCC3)CC1c1ccccc1. The fourth-order valence-corrected chi connectivity index (χ4v) is 3.90. The van der Waals surface area contributed by atoms with Crippen LogP contribution in [0.3, 0.4) is 0 Å². The molecule has 0 bridgehead atoms. The number of halogens is 1. The minimum absolute atomic E-state index is 0. The van der Waals surface area contributed by atoms with Gasteiger partial charge in [0.25, 0.3) is 0 Å². The van der Waals surface area contributed by atoms with Crippen LogP contribution in [0, 0.1) is 0 Å². The summed E-state index contributed by atoms with van der Waals surface area (Å²) in [4.78, 5) is 14.7. The van der Waals surface area contributed by atoms with E-state index in [-0.39, 0.29) is 30.3 Å². The van der Waals surface area contributed by atoms with Crippen LogP contribution in [0.1, 0.15) is 28.2 Å². The lowest BCUT2D eigenvalue weighted by Gasteiger charge is -2.19. The molecule has 0 spiro atoms. The smallest absolute Gasteiger partial charge is 0.227 e. The van der Waals surface area contributed by atoms with Crippen molar-refractivity contribution in [3.05, 3.63) is 70.8 Å². The van der Waals surface area contributed by atoms with E-state index in [2.05, 4.69) is 30.3 Å². The predicted octanol–water partition coefficient (Wildman–Crippen LogP) is 2.68. The Morgan fingerprint density at radius 1 is 1.12 bits per heavy atom. The molecule has 2 heterocycles. The van der Waals surface area contributed by atoms with Gasteiger partial charge in [0.15, 0.2) is 0 Å². The second-order valence-electron chi connectivity index (χ2n) is 7.06. The number of nitrogens with two attached hydrogens (primary N) is 1. The first-order valence-corrected chi connectivity index (χ1v) is 8.97. The minimum atomic E-state index is 0. The van der Waals surface area contributed by atoms with Gasteiger partial charge >= 0.3 is 0 Å². The molecule has 2 aromatic rings. The van der Waals surface area contributed by atoms with Gasteiger partial charge in [0, 0.05) is 25.0 Å². The first-order valence-electron chi connectivity index (χ1n) is 8.97. The van der Waals surface area contributed by atoms with E-state index < -0.39 is 0 Å². The maximum Gasteiger partial charge on any atom is 0.227 e. The molecule has 1 saturated heterocycles. The van der Waals surface area contributed by atoms with E-state index in [0.717, 1.165) is 18.6 Å². The molecule has 2 atom stereocenters. The van der Waals surface area contributed by atoms with E-state index in [1.165, 1.54) is 16.7 Å². The number of likely N-dealkylation sites (tertiary alicyclic amines) is 1. The number of nitrogens with zero attached hydrogens (tertiary/aromatic N) is 1. The molecular formula is C21H25ClN2O2. The maximum absolute atomic E-state index is 12.7. The number of rotatable bonds is 3. The minimum Gasteiger partial charge on any atom is -0.376 e. The number of carbonyl (C=O) groups excluding carboxylic acids is 1. The Kier molecular flexibility index (Phi) is 5.97. The van der Waals surface area contributed by atoms with E-state index in [9.17, 15) is 4.79 Å². The van der Waals surface area contributed by atoms with Crippen molar-refractivity contribution in [3.8, 4) is 0 Å². The third-order valence-corrected chi connectivity index (χ3v) is 5.34. The van der Waals surface area contributed by atoms with Crippen LogP contribution in [-0.4, -0.2) is 36.5 Å². The fourth-order valence-electron chi connectivity index (χ4n) is 3.90. The highest BCUT2D eigenvalue weighted by atomic mass is 35.5. The van der Waals surface area contributed by atoms with Gasteiger partial charge in [-0.1, -0.05) is 48.5 Å². The van der Waals surface area contributed by atoms with E-state index in [1.54, 1.807) is 0 Å². The van der Waals surface area contributed by atoms with Crippen molar-refractivity contribution < 1.29 is 9.53 Å². The summed E-state index contributed by atoms with van der Waals surface area (Å²) in [5.41, 5.74) is 11.2. The zero-order valence-electron chi connectivity index (χ0n) is 14.8. The average Bonchev–Trinajstić information content (AvgIpc) is 3.04. The largest absolute Gasteiger partial charge is 0.376 e. The van der Waals surface area contributed by atoms with Crippen LogP contribution >= 0.6 is 12.4 Å². The molecule has 0 saturated carbocycles. The molecule has 0 radical (unpaired) electrons. The quantitative estimate of drug-likeness (QED) is 0.901. The highest BCUT2D eigenvalue weighted by Crippen LogP contribution is 2.27. The standard InChI is InChI=1S/C21H24N2O2.ClH/c22-20-13-23(12-19(20)17-4-2-1-3-5-17)21(24)11-15-6-7-16-8-9-25-14-18(16)10-15;/h1-7,10,19-20H,8-9,11-14,22H2;1H. The molecule has 5 heteroatoms. The molecule has 26 heavy (non-hydrogen) atoms. The second kappa shape index (κ2) is 8.21. The van der Waals surface area contributed by atoms with Crippen molar-refractivity contribution in [1.29, 1.82) is 0 Å². The van der Waals surface area contributed by atoms with Crippen LogP contribution in [0.5, 0.6) is 0 Å². The topological polar surface area (TPSA) is 55.6 Å². The van der Waals surface area contributed by atoms with E-state index in [4.69, 9.17) is 10.5 Å². The van der Waals surface area contributed by atoms with Crippen LogP contribution < -0.4 is 5.73 Å². The first kappa shape index (κ1) is 18.9. The summed E-state index contributed by atoms with van der Waals surface area (Å²) >= 11 is 0. The molecule has 4 nitrogen and oxygen atoms in total.